The molecule has 6 heteroatoms. The molecule has 0 aliphatic heterocycles. The summed E-state index contributed by atoms with van der Waals surface area (Å²) in [6, 6.07) is 7.29. The molecular formula is C14H17N3O3. The molecule has 0 bridgehead atoms. The lowest BCUT2D eigenvalue weighted by Gasteiger charge is -2.14. The summed E-state index contributed by atoms with van der Waals surface area (Å²) >= 11 is 0. The standard InChI is InChI=1S/C14H17N3O3/c1-9(2)19-12-7-5-4-6-11(12)16-13(18)8-14-15-10(3)17-20-14/h4-7,9H,8H2,1-3H3,(H,16,18). The predicted octanol–water partition coefficient (Wildman–Crippen LogP) is 2.35. The lowest BCUT2D eigenvalue weighted by Crippen LogP contribution is -2.16. The number of benzene rings is 1. The minimum absolute atomic E-state index is 0.0339. The molecule has 1 N–H and O–H groups in total. The third-order valence-corrected chi connectivity index (χ3v) is 2.41. The quantitative estimate of drug-likeness (QED) is 0.906. The van der Waals surface area contributed by atoms with E-state index in [0.717, 1.165) is 0 Å². The fourth-order valence-corrected chi connectivity index (χ4v) is 1.67. The van der Waals surface area contributed by atoms with Gasteiger partial charge in [-0.15, -0.1) is 0 Å². The molecule has 1 aromatic carbocycles. The first kappa shape index (κ1) is 14.0. The molecule has 1 aromatic heterocycles. The van der Waals surface area contributed by atoms with Gasteiger partial charge in [0, 0.05) is 0 Å². The fourth-order valence-electron chi connectivity index (χ4n) is 1.67. The number of nitrogens with one attached hydrogen (secondary N) is 1. The van der Waals surface area contributed by atoms with Gasteiger partial charge in [0.1, 0.15) is 12.2 Å². The molecule has 0 radical (unpaired) electrons. The van der Waals surface area contributed by atoms with E-state index >= 15 is 0 Å². The van der Waals surface area contributed by atoms with Gasteiger partial charge in [-0.2, -0.15) is 4.98 Å². The number of anilines is 1. The van der Waals surface area contributed by atoms with Crippen LogP contribution >= 0.6 is 0 Å². The van der Waals surface area contributed by atoms with E-state index in [1.807, 2.05) is 32.0 Å². The minimum Gasteiger partial charge on any atom is -0.489 e. The van der Waals surface area contributed by atoms with Crippen LogP contribution in [0.4, 0.5) is 5.69 Å². The Bertz CT molecular complexity index is 593. The lowest BCUT2D eigenvalue weighted by atomic mass is 10.2. The second-order valence-corrected chi connectivity index (χ2v) is 4.62. The number of carbonyl (C=O) groups is 1. The Kier molecular flexibility index (Phi) is 4.34. The first-order chi connectivity index (χ1) is 9.54. The SMILES string of the molecule is Cc1noc(CC(=O)Nc2ccccc2OC(C)C)n1. The molecule has 106 valence electrons. The molecule has 1 amide bonds. The van der Waals surface area contributed by atoms with Crippen LogP contribution in [-0.4, -0.2) is 22.2 Å². The van der Waals surface area contributed by atoms with Crippen molar-refractivity contribution in [2.75, 3.05) is 5.32 Å². The van der Waals surface area contributed by atoms with Crippen molar-refractivity contribution in [1.82, 2.24) is 10.1 Å². The van der Waals surface area contributed by atoms with E-state index in [1.165, 1.54) is 0 Å². The fraction of sp³-hybridized carbons (Fsp3) is 0.357. The highest BCUT2D eigenvalue weighted by atomic mass is 16.5. The van der Waals surface area contributed by atoms with Crippen LogP contribution < -0.4 is 10.1 Å². The van der Waals surface area contributed by atoms with Gasteiger partial charge in [-0.3, -0.25) is 4.79 Å². The zero-order valence-electron chi connectivity index (χ0n) is 11.7. The Labute approximate surface area is 117 Å². The van der Waals surface area contributed by atoms with Crippen LogP contribution in [0.3, 0.4) is 0 Å². The summed E-state index contributed by atoms with van der Waals surface area (Å²) in [5.74, 6) is 1.21. The normalized spacial score (nSPS) is 10.6. The number of ether oxygens (including phenoxy) is 1. The lowest BCUT2D eigenvalue weighted by molar-refractivity contribution is -0.115. The molecule has 20 heavy (non-hydrogen) atoms. The Morgan fingerprint density at radius 1 is 1.40 bits per heavy atom. The van der Waals surface area contributed by atoms with Gasteiger partial charge in [0.05, 0.1) is 11.8 Å². The minimum atomic E-state index is -0.228. The topological polar surface area (TPSA) is 77.2 Å². The van der Waals surface area contributed by atoms with E-state index in [1.54, 1.807) is 13.0 Å². The molecule has 0 saturated heterocycles. The zero-order chi connectivity index (χ0) is 14.5. The van der Waals surface area contributed by atoms with Gasteiger partial charge in [-0.25, -0.2) is 0 Å². The molecule has 0 atom stereocenters. The van der Waals surface area contributed by atoms with Gasteiger partial charge >= 0.3 is 0 Å². The highest BCUT2D eigenvalue weighted by Gasteiger charge is 2.12. The number of nitrogens with zero attached hydrogens (tertiary/aromatic N) is 2. The van der Waals surface area contributed by atoms with Gasteiger partial charge in [-0.1, -0.05) is 17.3 Å². The molecule has 6 nitrogen and oxygen atoms in total. The van der Waals surface area contributed by atoms with Crippen LogP contribution in [0.25, 0.3) is 0 Å². The van der Waals surface area contributed by atoms with E-state index in [2.05, 4.69) is 15.5 Å². The number of aromatic nitrogens is 2. The highest BCUT2D eigenvalue weighted by molar-refractivity contribution is 5.93. The largest absolute Gasteiger partial charge is 0.489 e. The number of rotatable bonds is 5. The molecule has 0 fully saturated rings. The van der Waals surface area contributed by atoms with Crippen molar-refractivity contribution in [3.05, 3.63) is 36.0 Å². The van der Waals surface area contributed by atoms with Gasteiger partial charge in [-0.05, 0) is 32.9 Å². The Morgan fingerprint density at radius 3 is 2.80 bits per heavy atom. The van der Waals surface area contributed by atoms with E-state index in [9.17, 15) is 4.79 Å². The Morgan fingerprint density at radius 2 is 2.15 bits per heavy atom. The average molecular weight is 275 g/mol. The van der Waals surface area contributed by atoms with Crippen LogP contribution in [0.5, 0.6) is 5.75 Å². The van der Waals surface area contributed by atoms with Gasteiger partial charge in [0.25, 0.3) is 0 Å². The third kappa shape index (κ3) is 3.81. The number of para-hydroxylation sites is 2. The molecule has 1 heterocycles. The Hall–Kier alpha value is -2.37. The predicted molar refractivity (Wildman–Crippen MR) is 73.6 cm³/mol. The highest BCUT2D eigenvalue weighted by Crippen LogP contribution is 2.24. The van der Waals surface area contributed by atoms with Crippen molar-refractivity contribution < 1.29 is 14.1 Å². The number of hydrogen-bond donors (Lipinski definition) is 1. The number of amides is 1. The van der Waals surface area contributed by atoms with Crippen LogP contribution in [0, 0.1) is 6.92 Å². The zero-order valence-corrected chi connectivity index (χ0v) is 11.7. The maximum absolute atomic E-state index is 11.9. The summed E-state index contributed by atoms with van der Waals surface area (Å²) in [6.07, 6.45) is 0.0725. The molecule has 0 unspecified atom stereocenters. The molecular weight excluding hydrogens is 258 g/mol. The van der Waals surface area contributed by atoms with E-state index < -0.39 is 0 Å². The summed E-state index contributed by atoms with van der Waals surface area (Å²) < 4.78 is 10.5. The summed E-state index contributed by atoms with van der Waals surface area (Å²) in [7, 11) is 0. The van der Waals surface area contributed by atoms with Crippen molar-refractivity contribution in [3.8, 4) is 5.75 Å². The number of carbonyl (C=O) groups excluding carboxylic acids is 1. The maximum atomic E-state index is 11.9. The summed E-state index contributed by atoms with van der Waals surface area (Å²) in [4.78, 5) is 15.9. The monoisotopic (exact) mass is 275 g/mol. The molecule has 0 aliphatic carbocycles. The van der Waals surface area contributed by atoms with Crippen LogP contribution in [0.1, 0.15) is 25.6 Å². The van der Waals surface area contributed by atoms with Crippen molar-refractivity contribution in [3.63, 3.8) is 0 Å². The van der Waals surface area contributed by atoms with Crippen molar-refractivity contribution in [1.29, 1.82) is 0 Å². The maximum Gasteiger partial charge on any atom is 0.236 e. The van der Waals surface area contributed by atoms with Crippen molar-refractivity contribution in [2.24, 2.45) is 0 Å². The van der Waals surface area contributed by atoms with Crippen molar-refractivity contribution in [2.45, 2.75) is 33.3 Å². The van der Waals surface area contributed by atoms with Gasteiger partial charge in [0.15, 0.2) is 5.82 Å². The van der Waals surface area contributed by atoms with Crippen LogP contribution in [0.15, 0.2) is 28.8 Å². The van der Waals surface area contributed by atoms with Gasteiger partial charge in [0.2, 0.25) is 11.8 Å². The number of aryl methyl sites for hydroxylation is 1. The number of hydrogen-bond acceptors (Lipinski definition) is 5. The summed E-state index contributed by atoms with van der Waals surface area (Å²) in [5.41, 5.74) is 0.627. The van der Waals surface area contributed by atoms with Crippen LogP contribution in [-0.2, 0) is 11.2 Å². The molecule has 0 aliphatic rings. The third-order valence-electron chi connectivity index (χ3n) is 2.41. The first-order valence-corrected chi connectivity index (χ1v) is 6.39. The average Bonchev–Trinajstić information content (AvgIpc) is 2.76. The van der Waals surface area contributed by atoms with Crippen LogP contribution in [0.2, 0.25) is 0 Å². The first-order valence-electron chi connectivity index (χ1n) is 6.39. The second kappa shape index (κ2) is 6.18. The Balaban J connectivity index is 2.04. The van der Waals surface area contributed by atoms with Gasteiger partial charge < -0.3 is 14.6 Å². The summed E-state index contributed by atoms with van der Waals surface area (Å²) in [6.45, 7) is 5.57. The van der Waals surface area contributed by atoms with E-state index in [0.29, 0.717) is 23.2 Å². The van der Waals surface area contributed by atoms with Crippen molar-refractivity contribution >= 4 is 11.6 Å². The van der Waals surface area contributed by atoms with E-state index in [-0.39, 0.29) is 18.4 Å². The smallest absolute Gasteiger partial charge is 0.236 e. The van der Waals surface area contributed by atoms with E-state index in [4.69, 9.17) is 9.26 Å². The molecule has 2 aromatic rings. The molecule has 0 saturated carbocycles. The molecule has 0 spiro atoms. The second-order valence-electron chi connectivity index (χ2n) is 4.62. The summed E-state index contributed by atoms with van der Waals surface area (Å²) in [5, 5.41) is 6.42. The molecule has 2 rings (SSSR count).